The Labute approximate surface area is 106 Å². The van der Waals surface area contributed by atoms with Crippen molar-refractivity contribution in [2.24, 2.45) is 5.41 Å². The Hall–Kier alpha value is -0.810. The fraction of sp³-hybridized carbons (Fsp3) is 0.667. The molecule has 2 atom stereocenters. The number of rotatable bonds is 3. The molecule has 0 saturated heterocycles. The van der Waals surface area contributed by atoms with E-state index in [2.05, 4.69) is 29.1 Å². The molecular weight excluding hydrogens is 234 g/mol. The van der Waals surface area contributed by atoms with E-state index in [-0.39, 0.29) is 5.56 Å². The van der Waals surface area contributed by atoms with E-state index in [9.17, 15) is 4.79 Å². The number of hydrogen-bond acceptors (Lipinski definition) is 4. The van der Waals surface area contributed by atoms with Crippen LogP contribution in [0.3, 0.4) is 0 Å². The lowest BCUT2D eigenvalue weighted by Crippen LogP contribution is -2.41. The zero-order chi connectivity index (χ0) is 12.5. The first-order valence-corrected chi connectivity index (χ1v) is 6.80. The molecule has 2 unspecified atom stereocenters. The van der Waals surface area contributed by atoms with Crippen LogP contribution in [-0.4, -0.2) is 28.3 Å². The van der Waals surface area contributed by atoms with E-state index >= 15 is 0 Å². The van der Waals surface area contributed by atoms with Gasteiger partial charge < -0.3 is 10.3 Å². The molecule has 1 aromatic rings. The van der Waals surface area contributed by atoms with Crippen molar-refractivity contribution in [1.29, 1.82) is 0 Å². The number of nitrogens with zero attached hydrogens (tertiary/aromatic N) is 1. The first-order valence-electron chi connectivity index (χ1n) is 5.92. The van der Waals surface area contributed by atoms with E-state index in [1.165, 1.54) is 12.5 Å². The minimum Gasteiger partial charge on any atom is -0.315 e. The summed E-state index contributed by atoms with van der Waals surface area (Å²) in [5.41, 5.74) is 0.224. The average Bonchev–Trinajstić information content (AvgIpc) is 2.53. The number of aromatic amines is 1. The van der Waals surface area contributed by atoms with Crippen LogP contribution in [0.15, 0.2) is 22.2 Å². The average molecular weight is 253 g/mol. The lowest BCUT2D eigenvalue weighted by atomic mass is 9.87. The zero-order valence-corrected chi connectivity index (χ0v) is 11.3. The van der Waals surface area contributed by atoms with Gasteiger partial charge in [0.2, 0.25) is 0 Å². The van der Waals surface area contributed by atoms with E-state index < -0.39 is 0 Å². The summed E-state index contributed by atoms with van der Waals surface area (Å²) in [6.45, 7) is 4.58. The summed E-state index contributed by atoms with van der Waals surface area (Å²) in [6, 6.07) is 1.90. The summed E-state index contributed by atoms with van der Waals surface area (Å²) in [7, 11) is 2.01. The molecule has 0 spiro atoms. The number of hydrogen-bond donors (Lipinski definition) is 2. The monoisotopic (exact) mass is 253 g/mol. The molecule has 1 aromatic heterocycles. The summed E-state index contributed by atoms with van der Waals surface area (Å²) >= 11 is 1.67. The predicted molar refractivity (Wildman–Crippen MR) is 70.4 cm³/mol. The maximum absolute atomic E-state index is 11.2. The summed E-state index contributed by atoms with van der Waals surface area (Å²) in [6.07, 6.45) is 3.92. The van der Waals surface area contributed by atoms with Crippen LogP contribution < -0.4 is 10.9 Å². The Balaban J connectivity index is 2.12. The molecule has 1 aliphatic rings. The van der Waals surface area contributed by atoms with Crippen molar-refractivity contribution in [2.75, 3.05) is 7.05 Å². The molecule has 1 saturated carbocycles. The molecule has 0 radical (unpaired) electrons. The molecule has 94 valence electrons. The number of nitrogens with one attached hydrogen (secondary N) is 2. The van der Waals surface area contributed by atoms with E-state index in [0.29, 0.717) is 16.7 Å². The maximum atomic E-state index is 11.2. The lowest BCUT2D eigenvalue weighted by Gasteiger charge is -2.29. The Morgan fingerprint density at radius 3 is 3.00 bits per heavy atom. The summed E-state index contributed by atoms with van der Waals surface area (Å²) in [4.78, 5) is 18.2. The van der Waals surface area contributed by atoms with Gasteiger partial charge in [-0.15, -0.1) is 0 Å². The molecule has 5 heteroatoms. The standard InChI is InChI=1S/C12H19N3OS/c1-12(2)6-4-8(10(12)13-3)17-11-14-7-5-9(16)15-11/h5,7-8,10,13H,4,6H2,1-3H3,(H,14,15,16). The van der Waals surface area contributed by atoms with Crippen LogP contribution in [0, 0.1) is 5.41 Å². The molecule has 1 fully saturated rings. The van der Waals surface area contributed by atoms with Crippen LogP contribution in [0.1, 0.15) is 26.7 Å². The summed E-state index contributed by atoms with van der Waals surface area (Å²) in [5, 5.41) is 4.59. The lowest BCUT2D eigenvalue weighted by molar-refractivity contribution is 0.300. The van der Waals surface area contributed by atoms with Gasteiger partial charge in [0.1, 0.15) is 0 Å². The molecule has 1 aliphatic carbocycles. The fourth-order valence-electron chi connectivity index (χ4n) is 2.60. The van der Waals surface area contributed by atoms with E-state index in [0.717, 1.165) is 11.6 Å². The zero-order valence-electron chi connectivity index (χ0n) is 10.5. The smallest absolute Gasteiger partial charge is 0.251 e. The third-order valence-corrected chi connectivity index (χ3v) is 4.75. The van der Waals surface area contributed by atoms with Gasteiger partial charge in [0.15, 0.2) is 5.16 Å². The van der Waals surface area contributed by atoms with Gasteiger partial charge >= 0.3 is 0 Å². The maximum Gasteiger partial charge on any atom is 0.251 e. The minimum atomic E-state index is -0.0826. The summed E-state index contributed by atoms with van der Waals surface area (Å²) < 4.78 is 0. The Morgan fingerprint density at radius 1 is 1.59 bits per heavy atom. The highest BCUT2D eigenvalue weighted by molar-refractivity contribution is 7.99. The van der Waals surface area contributed by atoms with Crippen LogP contribution in [0.25, 0.3) is 0 Å². The van der Waals surface area contributed by atoms with Gasteiger partial charge in [-0.05, 0) is 25.3 Å². The summed E-state index contributed by atoms with van der Waals surface area (Å²) in [5.74, 6) is 0. The third kappa shape index (κ3) is 2.72. The highest BCUT2D eigenvalue weighted by Crippen LogP contribution is 2.43. The normalized spacial score (nSPS) is 27.2. The molecule has 2 rings (SSSR count). The number of thioether (sulfide) groups is 1. The number of aromatic nitrogens is 2. The van der Waals surface area contributed by atoms with Crippen LogP contribution in [0.2, 0.25) is 0 Å². The predicted octanol–water partition coefficient (Wildman–Crippen LogP) is 1.64. The van der Waals surface area contributed by atoms with Gasteiger partial charge in [-0.3, -0.25) is 4.79 Å². The Bertz CT molecular complexity index is 443. The van der Waals surface area contributed by atoms with Gasteiger partial charge in [0.25, 0.3) is 5.56 Å². The quantitative estimate of drug-likeness (QED) is 0.804. The van der Waals surface area contributed by atoms with E-state index in [1.807, 2.05) is 7.05 Å². The largest absolute Gasteiger partial charge is 0.315 e. The van der Waals surface area contributed by atoms with Crippen molar-refractivity contribution in [2.45, 2.75) is 43.1 Å². The molecule has 0 bridgehead atoms. The first kappa shape index (κ1) is 12.6. The molecule has 17 heavy (non-hydrogen) atoms. The third-order valence-electron chi connectivity index (χ3n) is 3.51. The fourth-order valence-corrected chi connectivity index (χ4v) is 4.04. The van der Waals surface area contributed by atoms with Gasteiger partial charge in [-0.1, -0.05) is 25.6 Å². The topological polar surface area (TPSA) is 57.8 Å². The van der Waals surface area contributed by atoms with E-state index in [4.69, 9.17) is 0 Å². The first-order chi connectivity index (χ1) is 8.03. The van der Waals surface area contributed by atoms with Crippen LogP contribution >= 0.6 is 11.8 Å². The molecule has 0 amide bonds. The molecule has 0 aliphatic heterocycles. The van der Waals surface area contributed by atoms with Crippen molar-refractivity contribution in [3.63, 3.8) is 0 Å². The Morgan fingerprint density at radius 2 is 2.35 bits per heavy atom. The van der Waals surface area contributed by atoms with Crippen molar-refractivity contribution < 1.29 is 0 Å². The van der Waals surface area contributed by atoms with Crippen molar-refractivity contribution in [3.8, 4) is 0 Å². The highest BCUT2D eigenvalue weighted by Gasteiger charge is 2.41. The van der Waals surface area contributed by atoms with Gasteiger partial charge in [-0.25, -0.2) is 4.98 Å². The molecule has 4 nitrogen and oxygen atoms in total. The Kier molecular flexibility index (Phi) is 3.58. The van der Waals surface area contributed by atoms with Gasteiger partial charge in [0.05, 0.1) is 0 Å². The van der Waals surface area contributed by atoms with Crippen LogP contribution in [0.5, 0.6) is 0 Å². The minimum absolute atomic E-state index is 0.0826. The second kappa shape index (κ2) is 4.82. The van der Waals surface area contributed by atoms with E-state index in [1.54, 1.807) is 18.0 Å². The second-order valence-corrected chi connectivity index (χ2v) is 6.42. The van der Waals surface area contributed by atoms with Gasteiger partial charge in [0, 0.05) is 23.6 Å². The SMILES string of the molecule is CNC1C(Sc2nccc(=O)[nH]2)CCC1(C)C. The van der Waals surface area contributed by atoms with Crippen molar-refractivity contribution >= 4 is 11.8 Å². The highest BCUT2D eigenvalue weighted by atomic mass is 32.2. The van der Waals surface area contributed by atoms with Crippen molar-refractivity contribution in [3.05, 3.63) is 22.6 Å². The second-order valence-electron chi connectivity index (χ2n) is 5.19. The molecular formula is C12H19N3OS. The molecule has 0 aromatic carbocycles. The van der Waals surface area contributed by atoms with Crippen molar-refractivity contribution in [1.82, 2.24) is 15.3 Å². The van der Waals surface area contributed by atoms with Crippen LogP contribution in [-0.2, 0) is 0 Å². The number of H-pyrrole nitrogens is 1. The molecule has 2 N–H and O–H groups in total. The van der Waals surface area contributed by atoms with Crippen LogP contribution in [0.4, 0.5) is 0 Å². The molecule has 1 heterocycles. The van der Waals surface area contributed by atoms with Gasteiger partial charge in [-0.2, -0.15) is 0 Å².